The number of esters is 1. The van der Waals surface area contributed by atoms with Crippen molar-refractivity contribution in [3.8, 4) is 11.6 Å². The highest BCUT2D eigenvalue weighted by Crippen LogP contribution is 2.35. The molecule has 0 radical (unpaired) electrons. The van der Waals surface area contributed by atoms with E-state index in [2.05, 4.69) is 14.5 Å². The minimum atomic E-state index is -4.94. The van der Waals surface area contributed by atoms with E-state index in [0.717, 1.165) is 14.2 Å². The molecular formula is C11H11ClF3NO4. The van der Waals surface area contributed by atoms with Crippen LogP contribution in [0.15, 0.2) is 6.07 Å². The van der Waals surface area contributed by atoms with Gasteiger partial charge in [0.1, 0.15) is 0 Å². The average molecular weight is 314 g/mol. The van der Waals surface area contributed by atoms with Crippen molar-refractivity contribution in [1.82, 2.24) is 4.98 Å². The van der Waals surface area contributed by atoms with Crippen molar-refractivity contribution in [3.63, 3.8) is 0 Å². The number of carbonyl (C=O) groups excluding carboxylic acids is 1. The van der Waals surface area contributed by atoms with Crippen LogP contribution in [-0.2, 0) is 21.8 Å². The maximum absolute atomic E-state index is 12.4. The van der Waals surface area contributed by atoms with Gasteiger partial charge in [-0.2, -0.15) is 0 Å². The summed E-state index contributed by atoms with van der Waals surface area (Å²) in [5.41, 5.74) is 0.175. The van der Waals surface area contributed by atoms with Crippen LogP contribution in [0.5, 0.6) is 11.6 Å². The minimum absolute atomic E-state index is 0.0587. The quantitative estimate of drug-likeness (QED) is 0.617. The maximum atomic E-state index is 12.4. The molecule has 1 aromatic heterocycles. The first kappa shape index (κ1) is 16.4. The highest BCUT2D eigenvalue weighted by Gasteiger charge is 2.34. The molecule has 5 nitrogen and oxygen atoms in total. The second-order valence-corrected chi connectivity index (χ2v) is 3.81. The molecule has 0 aliphatic heterocycles. The van der Waals surface area contributed by atoms with Gasteiger partial charge in [0.25, 0.3) is 5.88 Å². The molecule has 0 N–H and O–H groups in total. The molecule has 0 aliphatic carbocycles. The number of aromatic nitrogens is 1. The van der Waals surface area contributed by atoms with Crippen molar-refractivity contribution in [2.45, 2.75) is 18.7 Å². The van der Waals surface area contributed by atoms with E-state index in [4.69, 9.17) is 16.3 Å². The molecule has 0 saturated heterocycles. The number of alkyl halides is 4. The molecule has 0 bridgehead atoms. The number of carbonyl (C=O) groups is 1. The van der Waals surface area contributed by atoms with Crippen LogP contribution in [0.3, 0.4) is 0 Å². The topological polar surface area (TPSA) is 57.7 Å². The monoisotopic (exact) mass is 313 g/mol. The number of hydrogen-bond acceptors (Lipinski definition) is 5. The molecule has 1 aromatic rings. The van der Waals surface area contributed by atoms with Crippen LogP contribution in [0, 0.1) is 0 Å². The number of hydrogen-bond donors (Lipinski definition) is 0. The standard InChI is InChI=1S/C11H11ClF3NO4/c1-18-8(17)4-6-3-7(5-12)16-10(19-2)9(6)20-11(13,14)15/h3H,4-5H2,1-2H3. The molecule has 0 spiro atoms. The first-order chi connectivity index (χ1) is 9.30. The third-order valence-corrected chi connectivity index (χ3v) is 2.46. The summed E-state index contributed by atoms with van der Waals surface area (Å²) in [5.74, 6) is -1.87. The van der Waals surface area contributed by atoms with E-state index in [0.29, 0.717) is 0 Å². The molecule has 1 heterocycles. The molecule has 0 atom stereocenters. The molecule has 0 aromatic carbocycles. The Balaban J connectivity index is 3.30. The van der Waals surface area contributed by atoms with Gasteiger partial charge in [0.15, 0.2) is 5.75 Å². The van der Waals surface area contributed by atoms with E-state index in [1.807, 2.05) is 0 Å². The molecule has 0 amide bonds. The van der Waals surface area contributed by atoms with Crippen LogP contribution in [0.25, 0.3) is 0 Å². The van der Waals surface area contributed by atoms with Crippen LogP contribution in [-0.4, -0.2) is 31.5 Å². The molecule has 9 heteroatoms. The Kier molecular flexibility index (Phi) is 5.43. The van der Waals surface area contributed by atoms with Crippen molar-refractivity contribution < 1.29 is 32.2 Å². The number of halogens is 4. The predicted molar refractivity (Wildman–Crippen MR) is 62.7 cm³/mol. The van der Waals surface area contributed by atoms with Gasteiger partial charge in [0, 0.05) is 5.56 Å². The van der Waals surface area contributed by atoms with Gasteiger partial charge in [-0.1, -0.05) is 0 Å². The second-order valence-electron chi connectivity index (χ2n) is 3.55. The lowest BCUT2D eigenvalue weighted by atomic mass is 10.1. The fraction of sp³-hybridized carbons (Fsp3) is 0.455. The van der Waals surface area contributed by atoms with E-state index < -0.39 is 30.4 Å². The molecule has 1 rings (SSSR count). The largest absolute Gasteiger partial charge is 0.573 e. The summed E-state index contributed by atoms with van der Waals surface area (Å²) in [6.07, 6.45) is -5.37. The Hall–Kier alpha value is -1.70. The van der Waals surface area contributed by atoms with Crippen molar-refractivity contribution in [1.29, 1.82) is 0 Å². The predicted octanol–water partition coefficient (Wildman–Crippen LogP) is 2.44. The molecular weight excluding hydrogens is 303 g/mol. The normalized spacial score (nSPS) is 11.1. The molecule has 0 fully saturated rings. The Bertz CT molecular complexity index is 493. The van der Waals surface area contributed by atoms with Crippen molar-refractivity contribution in [3.05, 3.63) is 17.3 Å². The number of methoxy groups -OCH3 is 2. The number of ether oxygens (including phenoxy) is 3. The lowest BCUT2D eigenvalue weighted by Crippen LogP contribution is -2.20. The SMILES string of the molecule is COC(=O)Cc1cc(CCl)nc(OC)c1OC(F)(F)F. The number of pyridine rings is 1. The fourth-order valence-corrected chi connectivity index (χ4v) is 1.55. The first-order valence-electron chi connectivity index (χ1n) is 5.26. The molecule has 0 unspecified atom stereocenters. The van der Waals surface area contributed by atoms with Crippen LogP contribution >= 0.6 is 11.6 Å². The average Bonchev–Trinajstić information content (AvgIpc) is 2.38. The van der Waals surface area contributed by atoms with Crippen LogP contribution < -0.4 is 9.47 Å². The molecule has 0 aliphatic rings. The Labute approximate surface area is 117 Å². The molecule has 0 saturated carbocycles. The number of nitrogens with zero attached hydrogens (tertiary/aromatic N) is 1. The molecule has 20 heavy (non-hydrogen) atoms. The Morgan fingerprint density at radius 2 is 2.05 bits per heavy atom. The van der Waals surface area contributed by atoms with E-state index in [9.17, 15) is 18.0 Å². The molecule has 112 valence electrons. The second kappa shape index (κ2) is 6.65. The summed E-state index contributed by atoms with van der Waals surface area (Å²) in [4.78, 5) is 15.0. The summed E-state index contributed by atoms with van der Waals surface area (Å²) in [6.45, 7) is 0. The van der Waals surface area contributed by atoms with Gasteiger partial charge in [0.2, 0.25) is 0 Å². The van der Waals surface area contributed by atoms with Gasteiger partial charge >= 0.3 is 12.3 Å². The fourth-order valence-electron chi connectivity index (χ4n) is 1.41. The van der Waals surface area contributed by atoms with Crippen molar-refractivity contribution in [2.75, 3.05) is 14.2 Å². The smallest absolute Gasteiger partial charge is 0.478 e. The third kappa shape index (κ3) is 4.44. The Morgan fingerprint density at radius 3 is 2.50 bits per heavy atom. The van der Waals surface area contributed by atoms with Crippen molar-refractivity contribution >= 4 is 17.6 Å². The maximum Gasteiger partial charge on any atom is 0.573 e. The van der Waals surface area contributed by atoms with Crippen LogP contribution in [0.1, 0.15) is 11.3 Å². The lowest BCUT2D eigenvalue weighted by molar-refractivity contribution is -0.275. The minimum Gasteiger partial charge on any atom is -0.478 e. The highest BCUT2D eigenvalue weighted by atomic mass is 35.5. The van der Waals surface area contributed by atoms with Gasteiger partial charge < -0.3 is 14.2 Å². The van der Waals surface area contributed by atoms with Gasteiger partial charge in [-0.3, -0.25) is 4.79 Å². The third-order valence-electron chi connectivity index (χ3n) is 2.18. The first-order valence-corrected chi connectivity index (χ1v) is 5.79. The summed E-state index contributed by atoms with van der Waals surface area (Å²) < 4.78 is 50.2. The Morgan fingerprint density at radius 1 is 1.40 bits per heavy atom. The summed E-state index contributed by atoms with van der Waals surface area (Å²) >= 11 is 5.59. The van der Waals surface area contributed by atoms with E-state index >= 15 is 0 Å². The van der Waals surface area contributed by atoms with Gasteiger partial charge in [-0.15, -0.1) is 24.8 Å². The van der Waals surface area contributed by atoms with Gasteiger partial charge in [-0.25, -0.2) is 4.98 Å². The van der Waals surface area contributed by atoms with Crippen LogP contribution in [0.4, 0.5) is 13.2 Å². The zero-order valence-corrected chi connectivity index (χ0v) is 11.3. The van der Waals surface area contributed by atoms with Crippen LogP contribution in [0.2, 0.25) is 0 Å². The summed E-state index contributed by atoms with van der Waals surface area (Å²) in [5, 5.41) is 0. The van der Waals surface area contributed by atoms with Crippen molar-refractivity contribution in [2.24, 2.45) is 0 Å². The summed E-state index contributed by atoms with van der Waals surface area (Å²) in [7, 11) is 2.25. The highest BCUT2D eigenvalue weighted by molar-refractivity contribution is 6.16. The number of rotatable bonds is 5. The van der Waals surface area contributed by atoms with Gasteiger partial charge in [-0.05, 0) is 6.07 Å². The lowest BCUT2D eigenvalue weighted by Gasteiger charge is -2.16. The van der Waals surface area contributed by atoms with Gasteiger partial charge in [0.05, 0.1) is 32.2 Å². The summed E-state index contributed by atoms with van der Waals surface area (Å²) in [6, 6.07) is 1.23. The van der Waals surface area contributed by atoms with E-state index in [1.54, 1.807) is 0 Å². The zero-order valence-electron chi connectivity index (χ0n) is 10.6. The zero-order chi connectivity index (χ0) is 15.3. The van der Waals surface area contributed by atoms with E-state index in [-0.39, 0.29) is 17.1 Å². The van der Waals surface area contributed by atoms with E-state index in [1.165, 1.54) is 6.07 Å².